The number of thiazole rings is 1. The number of halogens is 2. The average molecular weight is 400 g/mol. The lowest BCUT2D eigenvalue weighted by Crippen LogP contribution is -2.46. The maximum atomic E-state index is 13.3. The fourth-order valence-electron chi connectivity index (χ4n) is 2.99. The highest BCUT2D eigenvalue weighted by atomic mass is 35.5. The fourth-order valence-corrected chi connectivity index (χ4v) is 3.99. The lowest BCUT2D eigenvalue weighted by Gasteiger charge is -2.34. The molecule has 1 aliphatic heterocycles. The second kappa shape index (κ2) is 8.90. The monoisotopic (exact) mass is 399 g/mol. The highest BCUT2D eigenvalue weighted by Gasteiger charge is 2.39. The number of benzene rings is 1. The van der Waals surface area contributed by atoms with Gasteiger partial charge in [0.2, 0.25) is 5.91 Å². The molecule has 0 bridgehead atoms. The van der Waals surface area contributed by atoms with Gasteiger partial charge in [0, 0.05) is 31.1 Å². The number of nitrogens with two attached hydrogens (primary N) is 1. The zero-order chi connectivity index (χ0) is 17.9. The van der Waals surface area contributed by atoms with Crippen LogP contribution in [-0.4, -0.2) is 30.6 Å². The molecule has 2 heterocycles. The van der Waals surface area contributed by atoms with E-state index >= 15 is 0 Å². The number of anilines is 1. The molecular formula is C18H23ClFN3O2S. The van der Waals surface area contributed by atoms with Gasteiger partial charge in [-0.3, -0.25) is 4.79 Å². The van der Waals surface area contributed by atoms with E-state index in [9.17, 15) is 9.18 Å². The predicted octanol–water partition coefficient (Wildman–Crippen LogP) is 3.30. The standard InChI is InChI=1S/C18H22FN3O2S.ClH/c1-12-15(10-13-3-2-4-14(19)9-13)25-17(21-12)22-16(23)18(11-20)5-7-24-8-6-18;/h2-4,9H,5-8,10-11,20H2,1H3,(H,21,22,23);1H. The van der Waals surface area contributed by atoms with E-state index in [-0.39, 0.29) is 24.1 Å². The number of ether oxygens (including phenoxy) is 1. The largest absolute Gasteiger partial charge is 0.381 e. The Labute approximate surface area is 162 Å². The summed E-state index contributed by atoms with van der Waals surface area (Å²) in [5, 5.41) is 3.48. The van der Waals surface area contributed by atoms with E-state index in [1.807, 2.05) is 13.0 Å². The third kappa shape index (κ3) is 4.59. The Morgan fingerprint density at radius 3 is 2.81 bits per heavy atom. The Kier molecular flexibility index (Phi) is 7.11. The van der Waals surface area contributed by atoms with Crippen molar-refractivity contribution in [3.05, 3.63) is 46.2 Å². The summed E-state index contributed by atoms with van der Waals surface area (Å²) in [6, 6.07) is 6.52. The molecule has 1 fully saturated rings. The summed E-state index contributed by atoms with van der Waals surface area (Å²) in [6.45, 7) is 3.29. The molecule has 0 unspecified atom stereocenters. The molecule has 3 N–H and O–H groups in total. The number of carbonyl (C=O) groups excluding carboxylic acids is 1. The van der Waals surface area contributed by atoms with Gasteiger partial charge in [-0.15, -0.1) is 23.7 Å². The highest BCUT2D eigenvalue weighted by molar-refractivity contribution is 7.15. The van der Waals surface area contributed by atoms with Crippen molar-refractivity contribution in [2.24, 2.45) is 11.1 Å². The van der Waals surface area contributed by atoms with Gasteiger partial charge in [0.25, 0.3) is 0 Å². The van der Waals surface area contributed by atoms with Crippen LogP contribution in [0.2, 0.25) is 0 Å². The molecule has 3 rings (SSSR count). The van der Waals surface area contributed by atoms with Crippen LogP contribution in [0.15, 0.2) is 24.3 Å². The molecule has 1 saturated heterocycles. The Morgan fingerprint density at radius 1 is 1.42 bits per heavy atom. The van der Waals surface area contributed by atoms with Crippen molar-refractivity contribution < 1.29 is 13.9 Å². The summed E-state index contributed by atoms with van der Waals surface area (Å²) >= 11 is 1.42. The minimum atomic E-state index is -0.583. The van der Waals surface area contributed by atoms with Gasteiger partial charge in [-0.05, 0) is 37.5 Å². The molecular weight excluding hydrogens is 377 g/mol. The summed E-state index contributed by atoms with van der Waals surface area (Å²) in [4.78, 5) is 18.2. The first-order valence-corrected chi connectivity index (χ1v) is 9.14. The number of aromatic nitrogens is 1. The summed E-state index contributed by atoms with van der Waals surface area (Å²) in [5.41, 5.74) is 7.02. The molecule has 2 aromatic rings. The van der Waals surface area contributed by atoms with Crippen molar-refractivity contribution in [3.8, 4) is 0 Å². The van der Waals surface area contributed by atoms with Gasteiger partial charge in [-0.2, -0.15) is 0 Å². The van der Waals surface area contributed by atoms with Crippen LogP contribution >= 0.6 is 23.7 Å². The summed E-state index contributed by atoms with van der Waals surface area (Å²) in [6.07, 6.45) is 1.83. The van der Waals surface area contributed by atoms with Crippen LogP contribution in [0.4, 0.5) is 9.52 Å². The summed E-state index contributed by atoms with van der Waals surface area (Å²) in [7, 11) is 0. The van der Waals surface area contributed by atoms with E-state index in [0.29, 0.717) is 44.2 Å². The fraction of sp³-hybridized carbons (Fsp3) is 0.444. The number of nitrogens with zero attached hydrogens (tertiary/aromatic N) is 1. The average Bonchev–Trinajstić information content (AvgIpc) is 2.94. The van der Waals surface area contributed by atoms with Crippen molar-refractivity contribution >= 4 is 34.8 Å². The van der Waals surface area contributed by atoms with Crippen molar-refractivity contribution in [2.45, 2.75) is 26.2 Å². The Hall–Kier alpha value is -1.54. The third-order valence-corrected chi connectivity index (χ3v) is 5.76. The van der Waals surface area contributed by atoms with Crippen molar-refractivity contribution in [1.82, 2.24) is 4.98 Å². The van der Waals surface area contributed by atoms with Crippen molar-refractivity contribution in [3.63, 3.8) is 0 Å². The summed E-state index contributed by atoms with van der Waals surface area (Å²) < 4.78 is 18.7. The van der Waals surface area contributed by atoms with Gasteiger partial charge in [-0.1, -0.05) is 12.1 Å². The lowest BCUT2D eigenvalue weighted by atomic mass is 9.79. The highest BCUT2D eigenvalue weighted by Crippen LogP contribution is 2.32. The van der Waals surface area contributed by atoms with E-state index in [2.05, 4.69) is 10.3 Å². The zero-order valence-corrected chi connectivity index (χ0v) is 16.2. The second-order valence-electron chi connectivity index (χ2n) is 6.39. The summed E-state index contributed by atoms with van der Waals surface area (Å²) in [5.74, 6) is -0.345. The number of aryl methyl sites for hydroxylation is 1. The normalized spacial score (nSPS) is 16.0. The topological polar surface area (TPSA) is 77.2 Å². The Bertz CT molecular complexity index is 763. The molecule has 5 nitrogen and oxygen atoms in total. The van der Waals surface area contributed by atoms with Crippen molar-refractivity contribution in [2.75, 3.05) is 25.1 Å². The Morgan fingerprint density at radius 2 is 2.15 bits per heavy atom. The number of hydrogen-bond acceptors (Lipinski definition) is 5. The van der Waals surface area contributed by atoms with Gasteiger partial charge < -0.3 is 15.8 Å². The van der Waals surface area contributed by atoms with Gasteiger partial charge in [0.05, 0.1) is 11.1 Å². The lowest BCUT2D eigenvalue weighted by molar-refractivity contribution is -0.130. The van der Waals surface area contributed by atoms with E-state index in [1.165, 1.54) is 23.5 Å². The molecule has 8 heteroatoms. The third-order valence-electron chi connectivity index (χ3n) is 4.69. The van der Waals surface area contributed by atoms with Gasteiger partial charge in [-0.25, -0.2) is 9.37 Å². The minimum Gasteiger partial charge on any atom is -0.381 e. The molecule has 0 aliphatic carbocycles. The predicted molar refractivity (Wildman–Crippen MR) is 103 cm³/mol. The molecule has 1 amide bonds. The quantitative estimate of drug-likeness (QED) is 0.808. The van der Waals surface area contributed by atoms with Crippen LogP contribution < -0.4 is 11.1 Å². The SMILES string of the molecule is Cc1nc(NC(=O)C2(CN)CCOCC2)sc1Cc1cccc(F)c1.Cl. The molecule has 0 spiro atoms. The van der Waals surface area contributed by atoms with Crippen LogP contribution in [0.1, 0.15) is 29.0 Å². The molecule has 0 saturated carbocycles. The molecule has 0 radical (unpaired) electrons. The van der Waals surface area contributed by atoms with Crippen LogP contribution in [0.3, 0.4) is 0 Å². The van der Waals surface area contributed by atoms with E-state index in [4.69, 9.17) is 10.5 Å². The van der Waals surface area contributed by atoms with E-state index in [1.54, 1.807) is 6.07 Å². The number of amides is 1. The van der Waals surface area contributed by atoms with Crippen LogP contribution in [0.5, 0.6) is 0 Å². The molecule has 1 aromatic carbocycles. The molecule has 26 heavy (non-hydrogen) atoms. The minimum absolute atomic E-state index is 0. The number of hydrogen-bond donors (Lipinski definition) is 2. The first-order valence-electron chi connectivity index (χ1n) is 8.32. The zero-order valence-electron chi connectivity index (χ0n) is 14.6. The maximum absolute atomic E-state index is 13.3. The number of nitrogens with one attached hydrogen (secondary N) is 1. The molecule has 142 valence electrons. The molecule has 0 atom stereocenters. The van der Waals surface area contributed by atoms with Crippen LogP contribution in [0, 0.1) is 18.2 Å². The van der Waals surface area contributed by atoms with Gasteiger partial charge in [0.15, 0.2) is 5.13 Å². The van der Waals surface area contributed by atoms with Crippen LogP contribution in [-0.2, 0) is 16.0 Å². The first-order chi connectivity index (χ1) is 12.0. The van der Waals surface area contributed by atoms with Crippen LogP contribution in [0.25, 0.3) is 0 Å². The molecule has 1 aromatic heterocycles. The smallest absolute Gasteiger partial charge is 0.233 e. The maximum Gasteiger partial charge on any atom is 0.233 e. The molecule has 1 aliphatic rings. The van der Waals surface area contributed by atoms with Gasteiger partial charge in [0.1, 0.15) is 5.82 Å². The Balaban J connectivity index is 0.00000243. The number of carbonyl (C=O) groups is 1. The van der Waals surface area contributed by atoms with Gasteiger partial charge >= 0.3 is 0 Å². The number of rotatable bonds is 5. The van der Waals surface area contributed by atoms with E-state index in [0.717, 1.165) is 16.1 Å². The van der Waals surface area contributed by atoms with Crippen molar-refractivity contribution in [1.29, 1.82) is 0 Å². The first kappa shape index (κ1) is 20.8. The van der Waals surface area contributed by atoms with E-state index < -0.39 is 5.41 Å². The second-order valence-corrected chi connectivity index (χ2v) is 7.47.